The molecule has 0 spiro atoms. The van der Waals surface area contributed by atoms with Gasteiger partial charge in [-0.25, -0.2) is 15.0 Å². The second-order valence-corrected chi connectivity index (χ2v) is 9.12. The fraction of sp³-hybridized carbons (Fsp3) is 0.360. The van der Waals surface area contributed by atoms with Crippen LogP contribution in [0.5, 0.6) is 0 Å². The maximum atomic E-state index is 13.2. The zero-order valence-electron chi connectivity index (χ0n) is 20.1. The summed E-state index contributed by atoms with van der Waals surface area (Å²) >= 11 is 0. The number of imidazole rings is 2. The lowest BCUT2D eigenvalue weighted by Crippen LogP contribution is -2.31. The average molecular weight is 536 g/mol. The maximum Gasteiger partial charge on any atom is 0.419 e. The zero-order chi connectivity index (χ0) is 27.2. The molecule has 0 saturated heterocycles. The third-order valence-corrected chi connectivity index (χ3v) is 6.60. The zero-order valence-corrected chi connectivity index (χ0v) is 20.1. The van der Waals surface area contributed by atoms with E-state index in [1.165, 1.54) is 0 Å². The number of nitrogens with zero attached hydrogens (tertiary/aromatic N) is 5. The van der Waals surface area contributed by atoms with E-state index in [0.29, 0.717) is 41.0 Å². The molecular weight excluding hydrogens is 514 g/mol. The van der Waals surface area contributed by atoms with Crippen molar-refractivity contribution in [1.82, 2.24) is 29.2 Å². The summed E-state index contributed by atoms with van der Waals surface area (Å²) in [7, 11) is 0. The number of benzene rings is 1. The minimum Gasteiger partial charge on any atom is -0.347 e. The van der Waals surface area contributed by atoms with Crippen LogP contribution < -0.4 is 5.32 Å². The first-order valence-electron chi connectivity index (χ1n) is 11.9. The van der Waals surface area contributed by atoms with Gasteiger partial charge in [0.05, 0.1) is 22.9 Å². The predicted octanol–water partition coefficient (Wildman–Crippen LogP) is 5.23. The van der Waals surface area contributed by atoms with Gasteiger partial charge in [-0.15, -0.1) is 0 Å². The monoisotopic (exact) mass is 536 g/mol. The van der Waals surface area contributed by atoms with E-state index in [4.69, 9.17) is 0 Å². The van der Waals surface area contributed by atoms with E-state index < -0.39 is 29.7 Å². The van der Waals surface area contributed by atoms with Gasteiger partial charge >= 0.3 is 12.4 Å². The number of fused-ring (bicyclic) bond motifs is 2. The van der Waals surface area contributed by atoms with Crippen LogP contribution in [0, 0.1) is 5.92 Å². The molecule has 5 rings (SSSR count). The van der Waals surface area contributed by atoms with Crippen LogP contribution in [0.2, 0.25) is 0 Å². The van der Waals surface area contributed by atoms with Crippen LogP contribution >= 0.6 is 0 Å². The minimum atomic E-state index is -4.62. The van der Waals surface area contributed by atoms with Gasteiger partial charge in [0, 0.05) is 43.7 Å². The summed E-state index contributed by atoms with van der Waals surface area (Å²) < 4.78 is 81.6. The third-order valence-electron chi connectivity index (χ3n) is 6.60. The van der Waals surface area contributed by atoms with E-state index in [9.17, 15) is 31.1 Å². The second kappa shape index (κ2) is 9.44. The number of hydrogen-bond acceptors (Lipinski definition) is 4. The van der Waals surface area contributed by atoms with Gasteiger partial charge in [0.2, 0.25) is 5.78 Å². The molecule has 0 fully saturated rings. The molecule has 0 bridgehead atoms. The number of carbonyl (C=O) groups is 1. The van der Waals surface area contributed by atoms with Crippen molar-refractivity contribution < 1.29 is 31.1 Å². The Morgan fingerprint density at radius 3 is 2.47 bits per heavy atom. The number of nitrogens with one attached hydrogen (secondary N) is 1. The van der Waals surface area contributed by atoms with Crippen molar-refractivity contribution in [3.05, 3.63) is 71.2 Å². The summed E-state index contributed by atoms with van der Waals surface area (Å²) in [5.41, 5.74) is 1.30. The van der Waals surface area contributed by atoms with Gasteiger partial charge in [0.25, 0.3) is 5.91 Å². The van der Waals surface area contributed by atoms with Crippen molar-refractivity contribution in [2.75, 3.05) is 0 Å². The van der Waals surface area contributed by atoms with Gasteiger partial charge in [-0.1, -0.05) is 31.2 Å². The molecule has 0 aliphatic carbocycles. The molecule has 0 radical (unpaired) electrons. The first-order valence-corrected chi connectivity index (χ1v) is 11.9. The van der Waals surface area contributed by atoms with Crippen molar-refractivity contribution >= 4 is 11.7 Å². The normalized spacial score (nSPS) is 16.0. The molecule has 200 valence electrons. The first-order chi connectivity index (χ1) is 17.9. The van der Waals surface area contributed by atoms with Gasteiger partial charge in [0.1, 0.15) is 11.5 Å². The molecule has 7 nitrogen and oxygen atoms in total. The Bertz CT molecular complexity index is 1490. The molecule has 38 heavy (non-hydrogen) atoms. The topological polar surface area (TPSA) is 77.1 Å². The van der Waals surface area contributed by atoms with E-state index in [0.717, 1.165) is 10.6 Å². The van der Waals surface area contributed by atoms with E-state index >= 15 is 0 Å². The van der Waals surface area contributed by atoms with Gasteiger partial charge in [-0.3, -0.25) is 9.20 Å². The average Bonchev–Trinajstić information content (AvgIpc) is 3.47. The molecule has 1 amide bonds. The molecule has 1 aliphatic heterocycles. The Kier molecular flexibility index (Phi) is 6.40. The van der Waals surface area contributed by atoms with Crippen LogP contribution in [-0.2, 0) is 32.1 Å². The highest BCUT2D eigenvalue weighted by Crippen LogP contribution is 2.35. The SMILES string of the molecule is CCc1nc2ncc(C(F)(F)F)cn2c1C(=O)NCc1ccc(-c2cn3c(n2)C[C@@H](C(F)(F)F)CC3)cc1. The lowest BCUT2D eigenvalue weighted by Gasteiger charge is -2.25. The van der Waals surface area contributed by atoms with Crippen LogP contribution in [-0.4, -0.2) is 36.0 Å². The van der Waals surface area contributed by atoms with Crippen LogP contribution in [0.4, 0.5) is 26.3 Å². The van der Waals surface area contributed by atoms with Gasteiger partial charge in [-0.2, -0.15) is 26.3 Å². The summed E-state index contributed by atoms with van der Waals surface area (Å²) in [4.78, 5) is 25.3. The van der Waals surface area contributed by atoms with Gasteiger partial charge < -0.3 is 9.88 Å². The number of aryl methyl sites for hydroxylation is 2. The Hall–Kier alpha value is -3.90. The quantitative estimate of drug-likeness (QED) is 0.355. The second-order valence-electron chi connectivity index (χ2n) is 9.12. The summed E-state index contributed by atoms with van der Waals surface area (Å²) in [6.07, 6.45) is -5.47. The summed E-state index contributed by atoms with van der Waals surface area (Å²) in [6.45, 7) is 2.08. The third kappa shape index (κ3) is 4.96. The van der Waals surface area contributed by atoms with E-state index in [1.807, 2.05) is 0 Å². The number of carbonyl (C=O) groups excluding carboxylic acids is 1. The number of hydrogen-bond donors (Lipinski definition) is 1. The molecule has 1 atom stereocenters. The number of aromatic nitrogens is 5. The highest BCUT2D eigenvalue weighted by Gasteiger charge is 2.42. The molecular formula is C25H22F6N6O. The Morgan fingerprint density at radius 1 is 1.08 bits per heavy atom. The van der Waals surface area contributed by atoms with Crippen LogP contribution in [0.1, 0.15) is 46.5 Å². The molecule has 1 aliphatic rings. The van der Waals surface area contributed by atoms with Crippen molar-refractivity contribution in [3.8, 4) is 11.3 Å². The molecule has 13 heteroatoms. The van der Waals surface area contributed by atoms with E-state index in [1.54, 1.807) is 42.0 Å². The number of alkyl halides is 6. The van der Waals surface area contributed by atoms with Gasteiger partial charge in [0.15, 0.2) is 0 Å². The Balaban J connectivity index is 1.30. The van der Waals surface area contributed by atoms with Crippen LogP contribution in [0.3, 0.4) is 0 Å². The highest BCUT2D eigenvalue weighted by molar-refractivity contribution is 5.94. The minimum absolute atomic E-state index is 0.00586. The summed E-state index contributed by atoms with van der Waals surface area (Å²) in [5.74, 6) is -1.60. The molecule has 4 heterocycles. The highest BCUT2D eigenvalue weighted by atomic mass is 19.4. The smallest absolute Gasteiger partial charge is 0.347 e. The molecule has 1 aromatic carbocycles. The van der Waals surface area contributed by atoms with Crippen molar-refractivity contribution in [1.29, 1.82) is 0 Å². The maximum absolute atomic E-state index is 13.2. The predicted molar refractivity (Wildman–Crippen MR) is 124 cm³/mol. The Labute approximate surface area is 212 Å². The van der Waals surface area contributed by atoms with Crippen molar-refractivity contribution in [2.24, 2.45) is 5.92 Å². The number of halogens is 6. The van der Waals surface area contributed by atoms with E-state index in [-0.39, 0.29) is 37.4 Å². The first kappa shape index (κ1) is 25.7. The fourth-order valence-corrected chi connectivity index (χ4v) is 4.52. The summed E-state index contributed by atoms with van der Waals surface area (Å²) in [5, 5.41) is 2.71. The van der Waals surface area contributed by atoms with Crippen molar-refractivity contribution in [2.45, 2.75) is 51.6 Å². The van der Waals surface area contributed by atoms with E-state index in [2.05, 4.69) is 20.3 Å². The molecule has 4 aromatic rings. The Morgan fingerprint density at radius 2 is 1.82 bits per heavy atom. The summed E-state index contributed by atoms with van der Waals surface area (Å²) in [6, 6.07) is 6.99. The van der Waals surface area contributed by atoms with Gasteiger partial charge in [-0.05, 0) is 18.4 Å². The molecule has 0 saturated carbocycles. The van der Waals surface area contributed by atoms with Crippen LogP contribution in [0.15, 0.2) is 42.9 Å². The lowest BCUT2D eigenvalue weighted by atomic mass is 9.97. The standard InChI is InChI=1S/C25H22F6N6O/c1-2-18-21(37-12-17(25(29,30)31)11-33-23(37)35-18)22(38)32-10-14-3-5-15(6-4-14)19-13-36-8-7-16(24(26,27)28)9-20(36)34-19/h3-6,11-13,16H,2,7-10H2,1H3,(H,32,38)/t16-/m0/s1. The molecule has 1 N–H and O–H groups in total. The molecule has 0 unspecified atom stereocenters. The van der Waals surface area contributed by atoms with Crippen molar-refractivity contribution in [3.63, 3.8) is 0 Å². The number of rotatable bonds is 5. The lowest BCUT2D eigenvalue weighted by molar-refractivity contribution is -0.179. The van der Waals surface area contributed by atoms with Crippen LogP contribution in [0.25, 0.3) is 17.0 Å². The number of amides is 1. The fourth-order valence-electron chi connectivity index (χ4n) is 4.52. The largest absolute Gasteiger partial charge is 0.419 e. The molecule has 3 aromatic heterocycles.